The van der Waals surface area contributed by atoms with E-state index in [1.54, 1.807) is 4.90 Å². The number of aryl methyl sites for hydroxylation is 1. The van der Waals surface area contributed by atoms with E-state index in [4.69, 9.17) is 0 Å². The standard InChI is InChI=1S/C20H29N3O2S/c1-4-6-12-21-20-23(13-7-5-2)19(25)17(26-20)14-18(24)22-16-11-9-8-10-15(16)3/h8-11,17H,4-7,12-14H2,1-3H3,(H,22,24). The van der Waals surface area contributed by atoms with Gasteiger partial charge >= 0.3 is 0 Å². The topological polar surface area (TPSA) is 61.8 Å². The summed E-state index contributed by atoms with van der Waals surface area (Å²) in [5, 5.41) is 3.32. The van der Waals surface area contributed by atoms with Gasteiger partial charge in [0.15, 0.2) is 5.17 Å². The molecule has 1 fully saturated rings. The largest absolute Gasteiger partial charge is 0.326 e. The lowest BCUT2D eigenvalue weighted by Crippen LogP contribution is -2.34. The number of carbonyl (C=O) groups excluding carboxylic acids is 2. The fourth-order valence-electron chi connectivity index (χ4n) is 2.70. The highest BCUT2D eigenvalue weighted by molar-refractivity contribution is 8.15. The number of para-hydroxylation sites is 1. The van der Waals surface area contributed by atoms with Gasteiger partial charge in [0, 0.05) is 25.2 Å². The minimum Gasteiger partial charge on any atom is -0.326 e. The molecule has 1 aromatic rings. The van der Waals surface area contributed by atoms with Crippen LogP contribution in [0.4, 0.5) is 5.69 Å². The van der Waals surface area contributed by atoms with E-state index in [9.17, 15) is 9.59 Å². The SMILES string of the molecule is CCCCN=C1SC(CC(=O)Nc2ccccc2C)C(=O)N1CCCC. The van der Waals surface area contributed by atoms with Crippen molar-refractivity contribution in [2.24, 2.45) is 4.99 Å². The van der Waals surface area contributed by atoms with E-state index in [0.29, 0.717) is 6.54 Å². The normalized spacial score (nSPS) is 18.6. The lowest BCUT2D eigenvalue weighted by atomic mass is 10.2. The molecule has 0 aliphatic carbocycles. The predicted molar refractivity (Wildman–Crippen MR) is 110 cm³/mol. The summed E-state index contributed by atoms with van der Waals surface area (Å²) in [5.74, 6) is -0.117. The molecular weight excluding hydrogens is 346 g/mol. The first-order valence-corrected chi connectivity index (χ1v) is 10.3. The van der Waals surface area contributed by atoms with Crippen molar-refractivity contribution in [3.8, 4) is 0 Å². The third-order valence-electron chi connectivity index (χ3n) is 4.30. The number of anilines is 1. The predicted octanol–water partition coefficient (Wildman–Crippen LogP) is 4.22. The van der Waals surface area contributed by atoms with Gasteiger partial charge in [0.25, 0.3) is 0 Å². The summed E-state index contributed by atoms with van der Waals surface area (Å²) in [4.78, 5) is 31.6. The molecule has 5 nitrogen and oxygen atoms in total. The number of rotatable bonds is 9. The van der Waals surface area contributed by atoms with E-state index < -0.39 is 0 Å². The summed E-state index contributed by atoms with van der Waals surface area (Å²) in [7, 11) is 0. The van der Waals surface area contributed by atoms with Crippen molar-refractivity contribution in [3.63, 3.8) is 0 Å². The molecule has 2 amide bonds. The molecule has 1 unspecified atom stereocenters. The number of hydrogen-bond acceptors (Lipinski definition) is 4. The van der Waals surface area contributed by atoms with Crippen molar-refractivity contribution in [1.29, 1.82) is 0 Å². The Balaban J connectivity index is 2.01. The van der Waals surface area contributed by atoms with Crippen LogP contribution in [-0.2, 0) is 9.59 Å². The number of benzene rings is 1. The average Bonchev–Trinajstić information content (AvgIpc) is 2.90. The Labute approximate surface area is 160 Å². The lowest BCUT2D eigenvalue weighted by Gasteiger charge is -2.16. The molecule has 142 valence electrons. The van der Waals surface area contributed by atoms with Crippen LogP contribution in [0.25, 0.3) is 0 Å². The number of amidine groups is 1. The first kappa shape index (κ1) is 20.5. The number of aliphatic imine (C=N–C) groups is 1. The first-order valence-electron chi connectivity index (χ1n) is 9.44. The van der Waals surface area contributed by atoms with Crippen LogP contribution in [0.5, 0.6) is 0 Å². The van der Waals surface area contributed by atoms with Crippen LogP contribution in [0.15, 0.2) is 29.3 Å². The number of thioether (sulfide) groups is 1. The molecule has 0 spiro atoms. The van der Waals surface area contributed by atoms with Crippen LogP contribution in [0.2, 0.25) is 0 Å². The van der Waals surface area contributed by atoms with Gasteiger partial charge in [-0.1, -0.05) is 56.7 Å². The van der Waals surface area contributed by atoms with E-state index in [0.717, 1.165) is 48.6 Å². The zero-order chi connectivity index (χ0) is 18.9. The molecule has 1 heterocycles. The quantitative estimate of drug-likeness (QED) is 0.657. The maximum atomic E-state index is 12.8. The highest BCUT2D eigenvalue weighted by Crippen LogP contribution is 2.30. The van der Waals surface area contributed by atoms with Crippen LogP contribution in [0.3, 0.4) is 0 Å². The second-order valence-corrected chi connectivity index (χ2v) is 7.70. The Kier molecular flexibility index (Phi) is 8.16. The molecule has 0 saturated carbocycles. The van der Waals surface area contributed by atoms with Gasteiger partial charge in [-0.25, -0.2) is 0 Å². The Bertz CT molecular complexity index is 660. The Morgan fingerprint density at radius 1 is 1.23 bits per heavy atom. The molecule has 1 N–H and O–H groups in total. The highest BCUT2D eigenvalue weighted by atomic mass is 32.2. The number of hydrogen-bond donors (Lipinski definition) is 1. The van der Waals surface area contributed by atoms with Gasteiger partial charge in [0.2, 0.25) is 11.8 Å². The molecule has 0 aromatic heterocycles. The number of nitrogens with zero attached hydrogens (tertiary/aromatic N) is 2. The van der Waals surface area contributed by atoms with Gasteiger partial charge in [-0.05, 0) is 31.4 Å². The maximum Gasteiger partial charge on any atom is 0.242 e. The summed E-state index contributed by atoms with van der Waals surface area (Å²) in [6, 6.07) is 7.66. The Hall–Kier alpha value is -1.82. The van der Waals surface area contributed by atoms with Crippen LogP contribution < -0.4 is 5.32 Å². The van der Waals surface area contributed by atoms with Gasteiger partial charge in [0.05, 0.1) is 0 Å². The molecule has 2 rings (SSSR count). The highest BCUT2D eigenvalue weighted by Gasteiger charge is 2.38. The van der Waals surface area contributed by atoms with Gasteiger partial charge in [-0.3, -0.25) is 19.5 Å². The van der Waals surface area contributed by atoms with E-state index in [1.165, 1.54) is 11.8 Å². The van der Waals surface area contributed by atoms with E-state index in [2.05, 4.69) is 24.2 Å². The van der Waals surface area contributed by atoms with Crippen molar-refractivity contribution < 1.29 is 9.59 Å². The minimum atomic E-state index is -0.378. The van der Waals surface area contributed by atoms with Crippen molar-refractivity contribution in [2.75, 3.05) is 18.4 Å². The van der Waals surface area contributed by atoms with E-state index in [1.807, 2.05) is 31.2 Å². The molecule has 1 aliphatic rings. The maximum absolute atomic E-state index is 12.8. The molecule has 1 aromatic carbocycles. The summed E-state index contributed by atoms with van der Waals surface area (Å²) in [6.07, 6.45) is 4.23. The molecule has 0 bridgehead atoms. The third kappa shape index (κ3) is 5.59. The number of unbranched alkanes of at least 4 members (excludes halogenated alkanes) is 2. The van der Waals surface area contributed by atoms with Gasteiger partial charge in [-0.2, -0.15) is 0 Å². The fraction of sp³-hybridized carbons (Fsp3) is 0.550. The molecule has 26 heavy (non-hydrogen) atoms. The van der Waals surface area contributed by atoms with Gasteiger partial charge in [0.1, 0.15) is 5.25 Å². The molecular formula is C20H29N3O2S. The number of carbonyl (C=O) groups is 2. The number of amides is 2. The Morgan fingerprint density at radius 2 is 1.96 bits per heavy atom. The minimum absolute atomic E-state index is 0.0126. The van der Waals surface area contributed by atoms with Crippen molar-refractivity contribution in [3.05, 3.63) is 29.8 Å². The van der Waals surface area contributed by atoms with Crippen molar-refractivity contribution >= 4 is 34.4 Å². The van der Waals surface area contributed by atoms with E-state index >= 15 is 0 Å². The molecule has 1 atom stereocenters. The van der Waals surface area contributed by atoms with Crippen LogP contribution in [-0.4, -0.2) is 40.2 Å². The van der Waals surface area contributed by atoms with Crippen LogP contribution in [0, 0.1) is 6.92 Å². The van der Waals surface area contributed by atoms with Gasteiger partial charge in [-0.15, -0.1) is 0 Å². The first-order chi connectivity index (χ1) is 12.6. The summed E-state index contributed by atoms with van der Waals surface area (Å²) >= 11 is 1.44. The zero-order valence-corrected chi connectivity index (χ0v) is 16.8. The van der Waals surface area contributed by atoms with Crippen LogP contribution in [0.1, 0.15) is 51.5 Å². The third-order valence-corrected chi connectivity index (χ3v) is 5.52. The lowest BCUT2D eigenvalue weighted by molar-refractivity contribution is -0.128. The van der Waals surface area contributed by atoms with Gasteiger partial charge < -0.3 is 5.32 Å². The summed E-state index contributed by atoms with van der Waals surface area (Å²) in [6.45, 7) is 7.60. The second kappa shape index (κ2) is 10.4. The molecule has 6 heteroatoms. The van der Waals surface area contributed by atoms with Crippen molar-refractivity contribution in [1.82, 2.24) is 4.90 Å². The van der Waals surface area contributed by atoms with Crippen LogP contribution >= 0.6 is 11.8 Å². The molecule has 0 radical (unpaired) electrons. The smallest absolute Gasteiger partial charge is 0.242 e. The Morgan fingerprint density at radius 3 is 2.65 bits per heavy atom. The summed E-state index contributed by atoms with van der Waals surface area (Å²) in [5.41, 5.74) is 1.81. The summed E-state index contributed by atoms with van der Waals surface area (Å²) < 4.78 is 0. The average molecular weight is 376 g/mol. The molecule has 1 saturated heterocycles. The monoisotopic (exact) mass is 375 g/mol. The number of nitrogens with one attached hydrogen (secondary N) is 1. The molecule has 1 aliphatic heterocycles. The van der Waals surface area contributed by atoms with E-state index in [-0.39, 0.29) is 23.5 Å². The van der Waals surface area contributed by atoms with Crippen molar-refractivity contribution in [2.45, 2.75) is 58.1 Å². The zero-order valence-electron chi connectivity index (χ0n) is 16.0. The fourth-order valence-corrected chi connectivity index (χ4v) is 3.89. The second-order valence-electron chi connectivity index (χ2n) is 6.53.